The van der Waals surface area contributed by atoms with Gasteiger partial charge in [0.05, 0.1) is 18.8 Å². The van der Waals surface area contributed by atoms with Crippen molar-refractivity contribution in [1.82, 2.24) is 15.1 Å². The van der Waals surface area contributed by atoms with Crippen LogP contribution in [0.2, 0.25) is 0 Å². The number of ether oxygens (including phenoxy) is 2. The first-order valence-electron chi connectivity index (χ1n) is 18.2. The maximum absolute atomic E-state index is 13.1. The van der Waals surface area contributed by atoms with Gasteiger partial charge in [0.1, 0.15) is 6.04 Å². The van der Waals surface area contributed by atoms with Crippen LogP contribution in [-0.2, 0) is 32.2 Å². The third-order valence-corrected chi connectivity index (χ3v) is 10.5. The van der Waals surface area contributed by atoms with Crippen LogP contribution in [0.25, 0.3) is 11.1 Å². The first kappa shape index (κ1) is 37.0. The first-order chi connectivity index (χ1) is 24.6. The highest BCUT2D eigenvalue weighted by atomic mass is 19.4. The Hall–Kier alpha value is -3.77. The topological polar surface area (TPSA) is 91.3 Å². The normalized spacial score (nSPS) is 24.9. The number of nitrogens with zero attached hydrogens (tertiary/aromatic N) is 2. The summed E-state index contributed by atoms with van der Waals surface area (Å²) in [7, 11) is 0. The van der Waals surface area contributed by atoms with E-state index in [2.05, 4.69) is 23.2 Å². The van der Waals surface area contributed by atoms with Crippen LogP contribution in [-0.4, -0.2) is 71.2 Å². The molecule has 6 rings (SSSR count). The van der Waals surface area contributed by atoms with Gasteiger partial charge in [0.25, 0.3) is 0 Å². The maximum atomic E-state index is 13.1. The molecule has 0 aliphatic carbocycles. The standard InChI is InChI=1S/C40H48F3N3O5/c1-27-35(25-45-19-5-3-2-4-6-20-45)50-38(51-36(27)30-17-15-28(26-47)16-18-30)33-13-8-12-32(23-33)31-11-7-10-29(22-31)24-44-37(48)34-14-9-21-46(34)39(49)40(41,42)43/h7-8,10-13,15-18,22-23,27,34-36,38,47H,2-6,9,14,19-21,24-26H2,1H3,(H,44,48)/t27-,34+,35+,36+,38+/m1/s1. The van der Waals surface area contributed by atoms with E-state index in [1.165, 1.54) is 32.1 Å². The van der Waals surface area contributed by atoms with Crippen LogP contribution in [0.1, 0.15) is 86.5 Å². The molecule has 3 aromatic rings. The van der Waals surface area contributed by atoms with Crippen LogP contribution in [0.4, 0.5) is 13.2 Å². The Balaban J connectivity index is 1.18. The van der Waals surface area contributed by atoms with Crippen LogP contribution >= 0.6 is 0 Å². The van der Waals surface area contributed by atoms with Gasteiger partial charge in [0.2, 0.25) is 5.91 Å². The highest BCUT2D eigenvalue weighted by molar-refractivity contribution is 5.90. The van der Waals surface area contributed by atoms with Gasteiger partial charge < -0.3 is 29.7 Å². The molecule has 274 valence electrons. The highest BCUT2D eigenvalue weighted by Crippen LogP contribution is 2.42. The van der Waals surface area contributed by atoms with E-state index >= 15 is 0 Å². The van der Waals surface area contributed by atoms with E-state index < -0.39 is 30.3 Å². The predicted molar refractivity (Wildman–Crippen MR) is 187 cm³/mol. The average Bonchev–Trinajstić information content (AvgIpc) is 3.62. The summed E-state index contributed by atoms with van der Waals surface area (Å²) in [6, 6.07) is 22.4. The molecule has 3 heterocycles. The largest absolute Gasteiger partial charge is 0.471 e. The minimum atomic E-state index is -5.02. The Kier molecular flexibility index (Phi) is 12.1. The van der Waals surface area contributed by atoms with E-state index in [0.717, 1.165) is 53.0 Å². The van der Waals surface area contributed by atoms with Crippen LogP contribution in [0.15, 0.2) is 72.8 Å². The van der Waals surface area contributed by atoms with Gasteiger partial charge in [0, 0.05) is 31.1 Å². The lowest BCUT2D eigenvalue weighted by atomic mass is 9.89. The second kappa shape index (κ2) is 16.7. The molecule has 0 bridgehead atoms. The molecular weight excluding hydrogens is 659 g/mol. The number of amides is 2. The Labute approximate surface area is 297 Å². The first-order valence-corrected chi connectivity index (χ1v) is 18.2. The number of aliphatic hydroxyl groups excluding tert-OH is 1. The molecule has 11 heteroatoms. The summed E-state index contributed by atoms with van der Waals surface area (Å²) in [6.45, 7) is 5.13. The van der Waals surface area contributed by atoms with Crippen LogP contribution in [0.5, 0.6) is 0 Å². The molecule has 0 aromatic heterocycles. The molecule has 3 aromatic carbocycles. The van der Waals surface area contributed by atoms with Crippen molar-refractivity contribution >= 4 is 11.8 Å². The zero-order chi connectivity index (χ0) is 36.0. The van der Waals surface area contributed by atoms with Crippen molar-refractivity contribution in [2.24, 2.45) is 5.92 Å². The van der Waals surface area contributed by atoms with E-state index in [1.807, 2.05) is 66.7 Å². The summed E-state index contributed by atoms with van der Waals surface area (Å²) in [5.41, 5.74) is 5.36. The number of hydrogen-bond acceptors (Lipinski definition) is 6. The number of rotatable bonds is 9. The summed E-state index contributed by atoms with van der Waals surface area (Å²) >= 11 is 0. The molecule has 8 nitrogen and oxygen atoms in total. The van der Waals surface area contributed by atoms with Crippen molar-refractivity contribution in [2.75, 3.05) is 26.2 Å². The lowest BCUT2D eigenvalue weighted by Gasteiger charge is -2.43. The minimum absolute atomic E-state index is 0.0207. The lowest BCUT2D eigenvalue weighted by Crippen LogP contribution is -2.50. The lowest BCUT2D eigenvalue weighted by molar-refractivity contribution is -0.276. The molecule has 51 heavy (non-hydrogen) atoms. The number of carbonyl (C=O) groups excluding carboxylic acids is 2. The predicted octanol–water partition coefficient (Wildman–Crippen LogP) is 7.07. The molecule has 3 fully saturated rings. The molecular formula is C40H48F3N3O5. The molecule has 2 amide bonds. The van der Waals surface area contributed by atoms with E-state index in [-0.39, 0.29) is 44.2 Å². The number of benzene rings is 3. The van der Waals surface area contributed by atoms with Crippen molar-refractivity contribution in [2.45, 2.75) is 95.7 Å². The Morgan fingerprint density at radius 1 is 0.824 bits per heavy atom. The second-order valence-corrected chi connectivity index (χ2v) is 14.1. The summed E-state index contributed by atoms with van der Waals surface area (Å²) in [5.74, 6) is -2.48. The van der Waals surface area contributed by atoms with Gasteiger partial charge in [-0.2, -0.15) is 13.2 Å². The van der Waals surface area contributed by atoms with E-state index in [4.69, 9.17) is 9.47 Å². The van der Waals surface area contributed by atoms with Crippen molar-refractivity contribution in [3.8, 4) is 11.1 Å². The maximum Gasteiger partial charge on any atom is 0.471 e. The molecule has 2 N–H and O–H groups in total. The van der Waals surface area contributed by atoms with Crippen molar-refractivity contribution < 1.29 is 37.3 Å². The molecule has 3 aliphatic rings. The van der Waals surface area contributed by atoms with Gasteiger partial charge in [-0.05, 0) is 78.7 Å². The molecule has 0 spiro atoms. The number of halogens is 3. The number of nitrogens with one attached hydrogen (secondary N) is 1. The molecule has 5 atom stereocenters. The fourth-order valence-corrected chi connectivity index (χ4v) is 7.56. The zero-order valence-electron chi connectivity index (χ0n) is 29.1. The molecule has 0 saturated carbocycles. The molecule has 3 saturated heterocycles. The number of alkyl halides is 3. The third kappa shape index (κ3) is 9.18. The van der Waals surface area contributed by atoms with Crippen LogP contribution < -0.4 is 5.32 Å². The van der Waals surface area contributed by atoms with Gasteiger partial charge in [-0.15, -0.1) is 0 Å². The number of hydrogen-bond donors (Lipinski definition) is 2. The van der Waals surface area contributed by atoms with E-state index in [0.29, 0.717) is 11.3 Å². The minimum Gasteiger partial charge on any atom is -0.392 e. The fraction of sp³-hybridized carbons (Fsp3) is 0.500. The van der Waals surface area contributed by atoms with Crippen molar-refractivity contribution in [3.05, 3.63) is 95.1 Å². The van der Waals surface area contributed by atoms with Crippen LogP contribution in [0.3, 0.4) is 0 Å². The Morgan fingerprint density at radius 2 is 1.51 bits per heavy atom. The quantitative estimate of drug-likeness (QED) is 0.247. The monoisotopic (exact) mass is 707 g/mol. The smallest absolute Gasteiger partial charge is 0.392 e. The average molecular weight is 708 g/mol. The van der Waals surface area contributed by atoms with Gasteiger partial charge >= 0.3 is 12.1 Å². The van der Waals surface area contributed by atoms with Gasteiger partial charge in [-0.3, -0.25) is 9.59 Å². The van der Waals surface area contributed by atoms with Gasteiger partial charge in [-0.1, -0.05) is 86.8 Å². The van der Waals surface area contributed by atoms with Crippen molar-refractivity contribution in [1.29, 1.82) is 0 Å². The molecule has 0 unspecified atom stereocenters. The Morgan fingerprint density at radius 3 is 2.22 bits per heavy atom. The number of likely N-dealkylation sites (tertiary alicyclic amines) is 2. The van der Waals surface area contributed by atoms with Gasteiger partial charge in [0.15, 0.2) is 6.29 Å². The summed E-state index contributed by atoms with van der Waals surface area (Å²) in [5, 5.41) is 12.4. The summed E-state index contributed by atoms with van der Waals surface area (Å²) in [6.07, 6.45) is 0.815. The summed E-state index contributed by atoms with van der Waals surface area (Å²) < 4.78 is 52.7. The highest BCUT2D eigenvalue weighted by Gasteiger charge is 2.47. The SMILES string of the molecule is C[C@@H]1[C@H](CN2CCCCCCC2)O[C@H](c2cccc(-c3cccc(CNC(=O)[C@@H]4CCCN4C(=O)C(F)(F)F)c3)c2)O[C@@H]1c1ccc(CO)cc1. The number of carbonyl (C=O) groups is 2. The Bertz CT molecular complexity index is 1630. The zero-order valence-corrected chi connectivity index (χ0v) is 29.1. The van der Waals surface area contributed by atoms with E-state index in [9.17, 15) is 27.9 Å². The fourth-order valence-electron chi connectivity index (χ4n) is 7.56. The molecule has 3 aliphatic heterocycles. The van der Waals surface area contributed by atoms with Crippen LogP contribution in [0, 0.1) is 5.92 Å². The summed E-state index contributed by atoms with van der Waals surface area (Å²) in [4.78, 5) is 27.9. The third-order valence-electron chi connectivity index (χ3n) is 10.5. The second-order valence-electron chi connectivity index (χ2n) is 14.1. The van der Waals surface area contributed by atoms with E-state index in [1.54, 1.807) is 0 Å². The number of aliphatic hydroxyl groups is 1. The van der Waals surface area contributed by atoms with Crippen molar-refractivity contribution in [3.63, 3.8) is 0 Å². The van der Waals surface area contributed by atoms with Gasteiger partial charge in [-0.25, -0.2) is 0 Å². The molecule has 0 radical (unpaired) electrons.